The van der Waals surface area contributed by atoms with E-state index in [0.29, 0.717) is 15.7 Å². The molecule has 0 saturated carbocycles. The van der Waals surface area contributed by atoms with E-state index < -0.39 is 18.1 Å². The first-order valence-corrected chi connectivity index (χ1v) is 10.2. The number of hydroxylamine groups is 1. The van der Waals surface area contributed by atoms with E-state index in [2.05, 4.69) is 0 Å². The van der Waals surface area contributed by atoms with E-state index in [1.54, 1.807) is 41.5 Å². The maximum Gasteiger partial charge on any atom is 0.266 e. The zero-order chi connectivity index (χ0) is 20.8. The summed E-state index contributed by atoms with van der Waals surface area (Å²) in [6.07, 6.45) is -0.908. The maximum absolute atomic E-state index is 13.4. The molecule has 3 aromatic rings. The number of carbonyl (C=O) groups is 2. The minimum absolute atomic E-state index is 0.300. The molecule has 0 aliphatic carbocycles. The Balaban J connectivity index is 1.58. The highest BCUT2D eigenvalue weighted by Gasteiger charge is 2.60. The van der Waals surface area contributed by atoms with Crippen LogP contribution < -0.4 is 9.96 Å². The number of carbonyl (C=O) groups excluding carboxylic acids is 2. The van der Waals surface area contributed by atoms with Crippen molar-refractivity contribution in [3.63, 3.8) is 0 Å². The van der Waals surface area contributed by atoms with Gasteiger partial charge in [-0.2, -0.15) is 0 Å². The minimum Gasteiger partial charge on any atom is -0.273 e. The number of hydrogen-bond donors (Lipinski definition) is 0. The highest BCUT2D eigenvalue weighted by molar-refractivity contribution is 6.31. The number of rotatable bonds is 3. The molecule has 0 bridgehead atoms. The molecule has 3 atom stereocenters. The van der Waals surface area contributed by atoms with Gasteiger partial charge in [0, 0.05) is 10.0 Å². The van der Waals surface area contributed by atoms with Gasteiger partial charge in [-0.1, -0.05) is 53.5 Å². The van der Waals surface area contributed by atoms with Crippen LogP contribution in [0.1, 0.15) is 11.6 Å². The standard InChI is InChI=1S/C23H16Cl2N2O3/c24-15-8-6-14(7-9-15)20-19-21(30-27(20)18-4-2-1-3-5-18)23(29)26(22(19)28)17-12-10-16(25)11-13-17/h1-13,19-21H/t19-,20-,21-/m1/s1. The molecule has 2 aliphatic rings. The Kier molecular flexibility index (Phi) is 4.74. The number of nitrogens with zero attached hydrogens (tertiary/aromatic N) is 2. The van der Waals surface area contributed by atoms with Gasteiger partial charge in [-0.25, -0.2) is 9.96 Å². The molecule has 0 radical (unpaired) electrons. The molecule has 2 heterocycles. The van der Waals surface area contributed by atoms with Gasteiger partial charge in [0.05, 0.1) is 17.4 Å². The first kappa shape index (κ1) is 19.1. The average Bonchev–Trinajstić information content (AvgIpc) is 3.27. The fourth-order valence-corrected chi connectivity index (χ4v) is 4.31. The lowest BCUT2D eigenvalue weighted by molar-refractivity contribution is -0.126. The highest BCUT2D eigenvalue weighted by Crippen LogP contribution is 2.47. The molecule has 0 aromatic heterocycles. The summed E-state index contributed by atoms with van der Waals surface area (Å²) in [7, 11) is 0. The Labute approximate surface area is 183 Å². The summed E-state index contributed by atoms with van der Waals surface area (Å²) < 4.78 is 0. The maximum atomic E-state index is 13.4. The van der Waals surface area contributed by atoms with E-state index >= 15 is 0 Å². The van der Waals surface area contributed by atoms with Crippen LogP contribution in [0, 0.1) is 5.92 Å². The lowest BCUT2D eigenvalue weighted by Gasteiger charge is -2.28. The molecular weight excluding hydrogens is 423 g/mol. The summed E-state index contributed by atoms with van der Waals surface area (Å²) in [5.74, 6) is -1.37. The number of imide groups is 1. The van der Waals surface area contributed by atoms with Crippen LogP contribution in [0.15, 0.2) is 78.9 Å². The molecule has 5 nitrogen and oxygen atoms in total. The SMILES string of the molecule is O=C1[C@@H]2[C@@H](c3ccc(Cl)cc3)N(c3ccccc3)O[C@H]2C(=O)N1c1ccc(Cl)cc1. The van der Waals surface area contributed by atoms with Crippen molar-refractivity contribution in [2.24, 2.45) is 5.92 Å². The molecule has 5 rings (SSSR count). The fraction of sp³-hybridized carbons (Fsp3) is 0.130. The van der Waals surface area contributed by atoms with Gasteiger partial charge in [-0.05, 0) is 54.1 Å². The second-order valence-electron chi connectivity index (χ2n) is 7.20. The van der Waals surface area contributed by atoms with Crippen molar-refractivity contribution in [1.29, 1.82) is 0 Å². The summed E-state index contributed by atoms with van der Waals surface area (Å²) in [6.45, 7) is 0. The third-order valence-corrected chi connectivity index (χ3v) is 5.93. The van der Waals surface area contributed by atoms with Crippen LogP contribution in [-0.2, 0) is 14.4 Å². The van der Waals surface area contributed by atoms with E-state index in [4.69, 9.17) is 28.0 Å². The van der Waals surface area contributed by atoms with Gasteiger partial charge in [0.1, 0.15) is 5.92 Å². The van der Waals surface area contributed by atoms with Gasteiger partial charge in [-0.15, -0.1) is 0 Å². The molecule has 2 fully saturated rings. The first-order valence-electron chi connectivity index (χ1n) is 9.44. The van der Waals surface area contributed by atoms with Crippen LogP contribution in [0.25, 0.3) is 0 Å². The summed E-state index contributed by atoms with van der Waals surface area (Å²) in [4.78, 5) is 33.9. The van der Waals surface area contributed by atoms with Crippen molar-refractivity contribution in [1.82, 2.24) is 0 Å². The van der Waals surface area contributed by atoms with Crippen LogP contribution in [0.3, 0.4) is 0 Å². The van der Waals surface area contributed by atoms with Crippen LogP contribution in [0.4, 0.5) is 11.4 Å². The zero-order valence-electron chi connectivity index (χ0n) is 15.6. The van der Waals surface area contributed by atoms with Crippen molar-refractivity contribution in [2.75, 3.05) is 9.96 Å². The zero-order valence-corrected chi connectivity index (χ0v) is 17.1. The molecule has 0 unspecified atom stereocenters. The van der Waals surface area contributed by atoms with Crippen molar-refractivity contribution < 1.29 is 14.4 Å². The van der Waals surface area contributed by atoms with Crippen LogP contribution >= 0.6 is 23.2 Å². The lowest BCUT2D eigenvalue weighted by atomic mass is 9.90. The molecule has 0 N–H and O–H groups in total. The van der Waals surface area contributed by atoms with Gasteiger partial charge in [0.25, 0.3) is 5.91 Å². The Morgan fingerprint density at radius 1 is 0.700 bits per heavy atom. The van der Waals surface area contributed by atoms with Gasteiger partial charge >= 0.3 is 0 Å². The fourth-order valence-electron chi connectivity index (χ4n) is 4.06. The number of para-hydroxylation sites is 1. The molecular formula is C23H16Cl2N2O3. The third kappa shape index (κ3) is 3.06. The first-order chi connectivity index (χ1) is 14.5. The summed E-state index contributed by atoms with van der Waals surface area (Å²) in [5.41, 5.74) is 2.09. The number of anilines is 2. The second kappa shape index (κ2) is 7.43. The minimum atomic E-state index is -0.908. The topological polar surface area (TPSA) is 49.9 Å². The van der Waals surface area contributed by atoms with Crippen molar-refractivity contribution >= 4 is 46.4 Å². The summed E-state index contributed by atoms with van der Waals surface area (Å²) in [5, 5.41) is 2.79. The monoisotopic (exact) mass is 438 g/mol. The number of halogens is 2. The largest absolute Gasteiger partial charge is 0.273 e. The number of fused-ring (bicyclic) bond motifs is 1. The highest BCUT2D eigenvalue weighted by atomic mass is 35.5. The van der Waals surface area contributed by atoms with Crippen LogP contribution in [0.5, 0.6) is 0 Å². The normalized spacial score (nSPS) is 23.2. The average molecular weight is 439 g/mol. The Hall–Kier alpha value is -2.86. The Morgan fingerprint density at radius 3 is 1.93 bits per heavy atom. The van der Waals surface area contributed by atoms with Gasteiger partial charge in [0.15, 0.2) is 6.10 Å². The molecule has 2 aliphatic heterocycles. The predicted octanol–water partition coefficient (Wildman–Crippen LogP) is 5.04. The van der Waals surface area contributed by atoms with E-state index in [-0.39, 0.29) is 11.8 Å². The quantitative estimate of drug-likeness (QED) is 0.537. The molecule has 0 spiro atoms. The van der Waals surface area contributed by atoms with Gasteiger partial charge in [0.2, 0.25) is 5.91 Å². The summed E-state index contributed by atoms with van der Waals surface area (Å²) >= 11 is 12.0. The Bertz CT molecular complexity index is 1100. The summed E-state index contributed by atoms with van der Waals surface area (Å²) in [6, 6.07) is 22.8. The van der Waals surface area contributed by atoms with Crippen LogP contribution in [0.2, 0.25) is 10.0 Å². The van der Waals surface area contributed by atoms with E-state index in [0.717, 1.165) is 11.3 Å². The number of amides is 2. The van der Waals surface area contributed by atoms with Crippen molar-refractivity contribution in [3.8, 4) is 0 Å². The van der Waals surface area contributed by atoms with E-state index in [1.807, 2.05) is 42.5 Å². The number of benzene rings is 3. The van der Waals surface area contributed by atoms with Crippen LogP contribution in [-0.4, -0.2) is 17.9 Å². The molecule has 30 heavy (non-hydrogen) atoms. The van der Waals surface area contributed by atoms with E-state index in [1.165, 1.54) is 4.90 Å². The van der Waals surface area contributed by atoms with Crippen molar-refractivity contribution in [3.05, 3.63) is 94.5 Å². The Morgan fingerprint density at radius 2 is 1.30 bits per heavy atom. The molecule has 2 amide bonds. The smallest absolute Gasteiger partial charge is 0.266 e. The lowest BCUT2D eigenvalue weighted by Crippen LogP contribution is -2.37. The number of hydrogen-bond acceptors (Lipinski definition) is 4. The predicted molar refractivity (Wildman–Crippen MR) is 115 cm³/mol. The molecule has 150 valence electrons. The third-order valence-electron chi connectivity index (χ3n) is 5.42. The second-order valence-corrected chi connectivity index (χ2v) is 8.07. The molecule has 2 saturated heterocycles. The molecule has 7 heteroatoms. The van der Waals surface area contributed by atoms with Gasteiger partial charge in [-0.3, -0.25) is 14.4 Å². The van der Waals surface area contributed by atoms with E-state index in [9.17, 15) is 9.59 Å². The molecule has 3 aromatic carbocycles. The van der Waals surface area contributed by atoms with Crippen molar-refractivity contribution in [2.45, 2.75) is 12.1 Å². The van der Waals surface area contributed by atoms with Gasteiger partial charge < -0.3 is 0 Å².